The minimum Gasteiger partial charge on any atom is -0.383 e. The number of benzene rings is 2. The molecule has 0 aromatic heterocycles. The summed E-state index contributed by atoms with van der Waals surface area (Å²) >= 11 is 6.17. The highest BCUT2D eigenvalue weighted by atomic mass is 35.5. The Morgan fingerprint density at radius 3 is 2.57 bits per heavy atom. The van der Waals surface area contributed by atoms with Gasteiger partial charge in [0.05, 0.1) is 16.4 Å². The van der Waals surface area contributed by atoms with Gasteiger partial charge in [-0.25, -0.2) is 13.8 Å². The van der Waals surface area contributed by atoms with E-state index in [1.54, 1.807) is 24.3 Å². The van der Waals surface area contributed by atoms with Crippen LogP contribution in [0.3, 0.4) is 0 Å². The lowest BCUT2D eigenvalue weighted by Gasteiger charge is -2.34. The number of aliphatic hydroxyl groups excluding tert-OH is 1. The van der Waals surface area contributed by atoms with Crippen LogP contribution >= 0.6 is 11.6 Å². The Labute approximate surface area is 136 Å². The molecule has 7 heteroatoms. The van der Waals surface area contributed by atoms with Crippen LogP contribution in [0.2, 0.25) is 5.02 Å². The average molecular weight is 338 g/mol. The molecule has 23 heavy (non-hydrogen) atoms. The fraction of sp³-hybridized carbons (Fsp3) is 0.188. The minimum absolute atomic E-state index is 0.0850. The van der Waals surface area contributed by atoms with Crippen LogP contribution in [0.15, 0.2) is 47.5 Å². The Balaban J connectivity index is 2.22. The lowest BCUT2D eigenvalue weighted by atomic mass is 10.0. The molecule has 0 aliphatic carbocycles. The van der Waals surface area contributed by atoms with Crippen molar-refractivity contribution in [1.82, 2.24) is 0 Å². The Kier molecular flexibility index (Phi) is 3.74. The van der Waals surface area contributed by atoms with Gasteiger partial charge in [-0.2, -0.15) is 0 Å². The third kappa shape index (κ3) is 2.75. The summed E-state index contributed by atoms with van der Waals surface area (Å²) in [5.41, 5.74) is 6.88. The van der Waals surface area contributed by atoms with Gasteiger partial charge in [-0.15, -0.1) is 0 Å². The zero-order valence-corrected chi connectivity index (χ0v) is 12.9. The van der Waals surface area contributed by atoms with Gasteiger partial charge in [0.1, 0.15) is 5.84 Å². The van der Waals surface area contributed by atoms with Gasteiger partial charge >= 0.3 is 0 Å². The molecule has 2 aromatic carbocycles. The third-order valence-corrected chi connectivity index (χ3v) is 3.96. The predicted octanol–water partition coefficient (Wildman–Crippen LogP) is 3.58. The molecule has 1 heterocycles. The van der Waals surface area contributed by atoms with Gasteiger partial charge in [-0.05, 0) is 24.3 Å². The molecule has 1 aliphatic rings. The number of hydrogen-bond donors (Lipinski definition) is 2. The summed E-state index contributed by atoms with van der Waals surface area (Å²) < 4.78 is 27.3. The Hall–Kier alpha value is -2.18. The van der Waals surface area contributed by atoms with Crippen LogP contribution in [-0.4, -0.2) is 17.3 Å². The van der Waals surface area contributed by atoms with Crippen molar-refractivity contribution in [2.24, 2.45) is 10.7 Å². The van der Waals surface area contributed by atoms with Gasteiger partial charge in [0.2, 0.25) is 6.35 Å². The first-order valence-corrected chi connectivity index (χ1v) is 7.24. The van der Waals surface area contributed by atoms with Gasteiger partial charge < -0.3 is 10.8 Å². The molecule has 0 saturated carbocycles. The number of hydrogen-bond acceptors (Lipinski definition) is 4. The lowest BCUT2D eigenvalue weighted by molar-refractivity contribution is 0.0174. The maximum atomic E-state index is 13.7. The highest BCUT2D eigenvalue weighted by Gasteiger charge is 2.31. The zero-order chi connectivity index (χ0) is 16.8. The number of para-hydroxylation sites is 1. The molecule has 1 unspecified atom stereocenters. The number of nitrogens with two attached hydrogens (primary N) is 1. The second-order valence-electron chi connectivity index (χ2n) is 5.30. The minimum atomic E-state index is -3.02. The third-order valence-electron chi connectivity index (χ3n) is 3.64. The summed E-state index contributed by atoms with van der Waals surface area (Å²) in [5, 5.41) is 10.6. The molecule has 1 atom stereocenters. The number of aliphatic imine (C=N–C) groups is 1. The van der Waals surface area contributed by atoms with Gasteiger partial charge in [-0.3, -0.25) is 4.90 Å². The zero-order valence-electron chi connectivity index (χ0n) is 12.2. The number of anilines is 2. The van der Waals surface area contributed by atoms with Crippen molar-refractivity contribution in [1.29, 1.82) is 0 Å². The van der Waals surface area contributed by atoms with Crippen molar-refractivity contribution in [3.8, 4) is 0 Å². The fourth-order valence-electron chi connectivity index (χ4n) is 2.50. The summed E-state index contributed by atoms with van der Waals surface area (Å²) in [4.78, 5) is 5.32. The van der Waals surface area contributed by atoms with Gasteiger partial charge in [-0.1, -0.05) is 29.8 Å². The highest BCUT2D eigenvalue weighted by molar-refractivity contribution is 6.33. The smallest absolute Gasteiger partial charge is 0.270 e. The summed E-state index contributed by atoms with van der Waals surface area (Å²) in [6.45, 7) is 0.811. The van der Waals surface area contributed by atoms with Crippen molar-refractivity contribution < 1.29 is 13.9 Å². The largest absolute Gasteiger partial charge is 0.383 e. The van der Waals surface area contributed by atoms with E-state index in [4.69, 9.17) is 17.3 Å². The van der Waals surface area contributed by atoms with Crippen molar-refractivity contribution in [3.63, 3.8) is 0 Å². The van der Waals surface area contributed by atoms with E-state index in [0.717, 1.165) is 6.92 Å². The fourth-order valence-corrected chi connectivity index (χ4v) is 2.72. The van der Waals surface area contributed by atoms with E-state index in [9.17, 15) is 13.9 Å². The van der Waals surface area contributed by atoms with Crippen LogP contribution in [-0.2, 0) is 5.92 Å². The van der Waals surface area contributed by atoms with Gasteiger partial charge in [0.25, 0.3) is 5.92 Å². The summed E-state index contributed by atoms with van der Waals surface area (Å²) in [6.07, 6.45) is -1.34. The maximum absolute atomic E-state index is 13.7. The number of alkyl halides is 2. The molecule has 120 valence electrons. The Morgan fingerprint density at radius 1 is 1.22 bits per heavy atom. The number of nitrogens with zero attached hydrogens (tertiary/aromatic N) is 2. The van der Waals surface area contributed by atoms with Gasteiger partial charge in [0.15, 0.2) is 0 Å². The molecule has 0 amide bonds. The molecular formula is C16H14ClF2N3O. The maximum Gasteiger partial charge on any atom is 0.270 e. The Bertz CT molecular complexity index is 789. The quantitative estimate of drug-likeness (QED) is 0.880. The molecule has 3 N–H and O–H groups in total. The van der Waals surface area contributed by atoms with Crippen LogP contribution in [0.5, 0.6) is 0 Å². The molecule has 3 rings (SSSR count). The summed E-state index contributed by atoms with van der Waals surface area (Å²) in [5.74, 6) is -2.93. The van der Waals surface area contributed by atoms with Crippen LogP contribution < -0.4 is 10.6 Å². The molecule has 2 aromatic rings. The topological polar surface area (TPSA) is 61.8 Å². The van der Waals surface area contributed by atoms with E-state index in [1.807, 2.05) is 0 Å². The van der Waals surface area contributed by atoms with Crippen molar-refractivity contribution >= 4 is 28.8 Å². The van der Waals surface area contributed by atoms with Crippen LogP contribution in [0, 0.1) is 0 Å². The molecule has 0 radical (unpaired) electrons. The van der Waals surface area contributed by atoms with Crippen LogP contribution in [0.1, 0.15) is 18.1 Å². The van der Waals surface area contributed by atoms with Crippen molar-refractivity contribution in [3.05, 3.63) is 58.6 Å². The molecule has 0 spiro atoms. The molecule has 0 saturated heterocycles. The molecular weight excluding hydrogens is 324 g/mol. The van der Waals surface area contributed by atoms with E-state index in [2.05, 4.69) is 4.99 Å². The summed E-state index contributed by atoms with van der Waals surface area (Å²) in [6, 6.07) is 10.8. The number of amidine groups is 1. The standard InChI is InChI=1S/C16H14ClF2N3O/c1-16(18,19)9-6-7-10-13(8-9)22(15(23)21-14(10)20)12-5-3-2-4-11(12)17/h2-8,15,23H,1H3,(H2,20,21). The molecule has 0 fully saturated rings. The summed E-state index contributed by atoms with van der Waals surface area (Å²) in [7, 11) is 0. The predicted molar refractivity (Wildman–Crippen MR) is 86.3 cm³/mol. The number of fused-ring (bicyclic) bond motifs is 1. The Morgan fingerprint density at radius 2 is 1.91 bits per heavy atom. The molecule has 1 aliphatic heterocycles. The monoisotopic (exact) mass is 337 g/mol. The van der Waals surface area contributed by atoms with Crippen molar-refractivity contribution in [2.75, 3.05) is 4.90 Å². The first-order chi connectivity index (χ1) is 10.8. The highest BCUT2D eigenvalue weighted by Crippen LogP contribution is 2.40. The van der Waals surface area contributed by atoms with E-state index >= 15 is 0 Å². The van der Waals surface area contributed by atoms with E-state index in [1.165, 1.54) is 23.1 Å². The lowest BCUT2D eigenvalue weighted by Crippen LogP contribution is -2.38. The number of aliphatic hydroxyl groups is 1. The molecule has 4 nitrogen and oxygen atoms in total. The van der Waals surface area contributed by atoms with E-state index in [0.29, 0.717) is 22.0 Å². The second-order valence-corrected chi connectivity index (χ2v) is 5.71. The average Bonchev–Trinajstić information content (AvgIpc) is 2.47. The number of halogens is 3. The second kappa shape index (κ2) is 5.47. The van der Waals surface area contributed by atoms with E-state index < -0.39 is 12.3 Å². The first-order valence-electron chi connectivity index (χ1n) is 6.87. The normalized spacial score (nSPS) is 17.7. The molecule has 0 bridgehead atoms. The van der Waals surface area contributed by atoms with Crippen LogP contribution in [0.25, 0.3) is 0 Å². The van der Waals surface area contributed by atoms with Crippen molar-refractivity contribution in [2.45, 2.75) is 19.2 Å². The van der Waals surface area contributed by atoms with E-state index in [-0.39, 0.29) is 11.4 Å². The van der Waals surface area contributed by atoms with Gasteiger partial charge in [0, 0.05) is 18.1 Å². The number of rotatable bonds is 2. The first kappa shape index (κ1) is 15.7. The SMILES string of the molecule is CC(F)(F)c1ccc2c(c1)N(c1ccccc1Cl)C(O)N=C2N. The van der Waals surface area contributed by atoms with Crippen LogP contribution in [0.4, 0.5) is 20.2 Å².